The van der Waals surface area contributed by atoms with E-state index in [0.717, 1.165) is 0 Å². The van der Waals surface area contributed by atoms with E-state index >= 15 is 0 Å². The predicted molar refractivity (Wildman–Crippen MR) is 65.4 cm³/mol. The van der Waals surface area contributed by atoms with Crippen molar-refractivity contribution < 1.29 is 23.9 Å². The molecule has 0 aliphatic carbocycles. The van der Waals surface area contributed by atoms with Gasteiger partial charge >= 0.3 is 12.0 Å². The van der Waals surface area contributed by atoms with Crippen molar-refractivity contribution in [2.75, 3.05) is 19.5 Å². The smallest absolute Gasteiger partial charge is 0.342 e. The fourth-order valence-electron chi connectivity index (χ4n) is 1.33. The molecule has 0 saturated carbocycles. The Bertz CT molecular complexity index is 515. The summed E-state index contributed by atoms with van der Waals surface area (Å²) in [7, 11) is 1.35. The largest absolute Gasteiger partial charge is 0.494 e. The van der Waals surface area contributed by atoms with Gasteiger partial charge < -0.3 is 20.9 Å². The molecule has 0 spiro atoms. The minimum atomic E-state index is -1.03. The number of methoxy groups -OCH3 is 1. The second kappa shape index (κ2) is 6.24. The van der Waals surface area contributed by atoms with Crippen LogP contribution in [0.4, 0.5) is 10.5 Å². The van der Waals surface area contributed by atoms with Crippen LogP contribution in [0.1, 0.15) is 10.4 Å². The maximum absolute atomic E-state index is 11.7. The lowest BCUT2D eigenvalue weighted by atomic mass is 10.2. The molecule has 1 rings (SSSR count). The number of hydrogen-bond acceptors (Lipinski definition) is 6. The van der Waals surface area contributed by atoms with E-state index in [2.05, 4.69) is 0 Å². The Hall–Kier alpha value is -2.77. The Morgan fingerprint density at radius 1 is 1.32 bits per heavy atom. The van der Waals surface area contributed by atoms with Gasteiger partial charge in [0.1, 0.15) is 5.56 Å². The molecular formula is C11H13N3O5. The zero-order valence-corrected chi connectivity index (χ0v) is 10.1. The van der Waals surface area contributed by atoms with Crippen LogP contribution in [0.2, 0.25) is 0 Å². The van der Waals surface area contributed by atoms with Crippen LogP contribution >= 0.6 is 0 Å². The third kappa shape index (κ3) is 3.87. The molecule has 0 heterocycles. The monoisotopic (exact) mass is 267 g/mol. The van der Waals surface area contributed by atoms with Crippen LogP contribution in [0, 0.1) is 0 Å². The minimum absolute atomic E-state index is 0.0781. The number of esters is 1. The first kappa shape index (κ1) is 14.3. The zero-order valence-electron chi connectivity index (χ0n) is 10.1. The highest BCUT2D eigenvalue weighted by atomic mass is 16.5. The van der Waals surface area contributed by atoms with E-state index in [4.69, 9.17) is 20.9 Å². The number of urea groups is 1. The lowest BCUT2D eigenvalue weighted by Gasteiger charge is -2.10. The first-order valence-corrected chi connectivity index (χ1v) is 5.14. The third-order valence-corrected chi connectivity index (χ3v) is 2.07. The fraction of sp³-hybridized carbons (Fsp3) is 0.182. The van der Waals surface area contributed by atoms with Crippen LogP contribution in [0.5, 0.6) is 5.75 Å². The number of nitrogens with two attached hydrogens (primary N) is 2. The van der Waals surface area contributed by atoms with Gasteiger partial charge in [-0.05, 0) is 12.1 Å². The van der Waals surface area contributed by atoms with E-state index < -0.39 is 24.5 Å². The number of nitrogens with one attached hydrogen (secondary N) is 1. The molecule has 0 aromatic heterocycles. The molecule has 0 atom stereocenters. The molecule has 19 heavy (non-hydrogen) atoms. The van der Waals surface area contributed by atoms with Crippen molar-refractivity contribution in [3.8, 4) is 5.75 Å². The van der Waals surface area contributed by atoms with E-state index in [-0.39, 0.29) is 17.0 Å². The number of imide groups is 1. The molecule has 0 aliphatic rings. The van der Waals surface area contributed by atoms with Crippen LogP contribution in [0.3, 0.4) is 0 Å². The quantitative estimate of drug-likeness (QED) is 0.503. The van der Waals surface area contributed by atoms with Gasteiger partial charge in [-0.25, -0.2) is 9.59 Å². The first-order valence-electron chi connectivity index (χ1n) is 5.14. The van der Waals surface area contributed by atoms with Gasteiger partial charge in [-0.2, -0.15) is 0 Å². The molecular weight excluding hydrogens is 254 g/mol. The van der Waals surface area contributed by atoms with Crippen LogP contribution in [0.15, 0.2) is 18.2 Å². The van der Waals surface area contributed by atoms with Gasteiger partial charge in [-0.15, -0.1) is 0 Å². The molecule has 3 amide bonds. The maximum atomic E-state index is 11.7. The number of rotatable bonds is 4. The van der Waals surface area contributed by atoms with Crippen molar-refractivity contribution in [3.05, 3.63) is 23.8 Å². The standard InChI is InChI=1S/C11H13N3O5/c1-18-9-6(3-2-4-7(9)12)10(16)19-5-8(15)14-11(13)17/h2-4H,5,12H2,1H3,(H3,13,14,15,17). The highest BCUT2D eigenvalue weighted by Crippen LogP contribution is 2.26. The molecule has 5 N–H and O–H groups in total. The molecule has 8 heteroatoms. The Kier molecular flexibility index (Phi) is 4.69. The molecule has 1 aromatic carbocycles. The Balaban J connectivity index is 2.71. The average molecular weight is 267 g/mol. The predicted octanol–water partition coefficient (Wildman–Crippen LogP) is -0.371. The average Bonchev–Trinajstić information content (AvgIpc) is 2.34. The molecule has 0 bridgehead atoms. The molecule has 0 fully saturated rings. The topological polar surface area (TPSA) is 134 Å². The maximum Gasteiger partial charge on any atom is 0.342 e. The number of benzene rings is 1. The number of para-hydroxylation sites is 1. The van der Waals surface area contributed by atoms with Gasteiger partial charge in [0, 0.05) is 0 Å². The summed E-state index contributed by atoms with van der Waals surface area (Å²) in [6.07, 6.45) is 0. The third-order valence-electron chi connectivity index (χ3n) is 2.07. The minimum Gasteiger partial charge on any atom is -0.494 e. The summed E-state index contributed by atoms with van der Waals surface area (Å²) in [5, 5.41) is 1.76. The summed E-state index contributed by atoms with van der Waals surface area (Å²) in [5.41, 5.74) is 10.7. The second-order valence-electron chi connectivity index (χ2n) is 3.42. The number of carbonyl (C=O) groups excluding carboxylic acids is 3. The van der Waals surface area contributed by atoms with Gasteiger partial charge in [0.25, 0.3) is 5.91 Å². The first-order chi connectivity index (χ1) is 8.95. The Morgan fingerprint density at radius 3 is 2.58 bits per heavy atom. The lowest BCUT2D eigenvalue weighted by Crippen LogP contribution is -2.37. The van der Waals surface area contributed by atoms with Gasteiger partial charge in [-0.3, -0.25) is 10.1 Å². The molecule has 0 saturated heterocycles. The van der Waals surface area contributed by atoms with Gasteiger partial charge in [0.15, 0.2) is 12.4 Å². The summed E-state index contributed by atoms with van der Waals surface area (Å²) in [4.78, 5) is 33.2. The van der Waals surface area contributed by atoms with Gasteiger partial charge in [0.2, 0.25) is 0 Å². The Labute approximate surface area is 108 Å². The number of ether oxygens (including phenoxy) is 2. The molecule has 1 aromatic rings. The summed E-state index contributed by atoms with van der Waals surface area (Å²) in [6.45, 7) is -0.639. The van der Waals surface area contributed by atoms with Crippen molar-refractivity contribution in [1.82, 2.24) is 5.32 Å². The van der Waals surface area contributed by atoms with E-state index in [1.165, 1.54) is 19.2 Å². The number of primary amides is 1. The molecule has 102 valence electrons. The van der Waals surface area contributed by atoms with Crippen molar-refractivity contribution in [2.45, 2.75) is 0 Å². The molecule has 8 nitrogen and oxygen atoms in total. The van der Waals surface area contributed by atoms with E-state index in [0.29, 0.717) is 0 Å². The van der Waals surface area contributed by atoms with Crippen LogP contribution in [-0.2, 0) is 9.53 Å². The molecule has 0 aliphatic heterocycles. The summed E-state index contributed by atoms with van der Waals surface area (Å²) in [6, 6.07) is 3.50. The normalized spacial score (nSPS) is 9.53. The number of nitrogen functional groups attached to an aromatic ring is 1. The zero-order chi connectivity index (χ0) is 14.4. The van der Waals surface area contributed by atoms with Crippen molar-refractivity contribution in [2.24, 2.45) is 5.73 Å². The summed E-state index contributed by atoms with van der Waals surface area (Å²) in [5.74, 6) is -1.48. The van der Waals surface area contributed by atoms with Gasteiger partial charge in [-0.1, -0.05) is 6.07 Å². The highest BCUT2D eigenvalue weighted by molar-refractivity contribution is 5.98. The van der Waals surface area contributed by atoms with Crippen LogP contribution in [-0.4, -0.2) is 31.6 Å². The molecule has 0 radical (unpaired) electrons. The van der Waals surface area contributed by atoms with E-state index in [1.54, 1.807) is 11.4 Å². The van der Waals surface area contributed by atoms with E-state index in [9.17, 15) is 14.4 Å². The number of hydrogen-bond donors (Lipinski definition) is 3. The van der Waals surface area contributed by atoms with Crippen molar-refractivity contribution in [3.63, 3.8) is 0 Å². The van der Waals surface area contributed by atoms with E-state index in [1.807, 2.05) is 0 Å². The summed E-state index contributed by atoms with van der Waals surface area (Å²) < 4.78 is 9.66. The SMILES string of the molecule is COc1c(N)cccc1C(=O)OCC(=O)NC(N)=O. The van der Waals surface area contributed by atoms with Crippen molar-refractivity contribution >= 4 is 23.6 Å². The molecule has 0 unspecified atom stereocenters. The van der Waals surface area contributed by atoms with Gasteiger partial charge in [0.05, 0.1) is 12.8 Å². The highest BCUT2D eigenvalue weighted by Gasteiger charge is 2.17. The van der Waals surface area contributed by atoms with Crippen molar-refractivity contribution in [1.29, 1.82) is 0 Å². The Morgan fingerprint density at radius 2 is 2.00 bits per heavy atom. The number of anilines is 1. The number of carbonyl (C=O) groups is 3. The van der Waals surface area contributed by atoms with Crippen LogP contribution < -0.4 is 21.5 Å². The van der Waals surface area contributed by atoms with Crippen LogP contribution in [0.25, 0.3) is 0 Å². The second-order valence-corrected chi connectivity index (χ2v) is 3.42. The number of amides is 3. The summed E-state index contributed by atoms with van der Waals surface area (Å²) >= 11 is 0. The fourth-order valence-corrected chi connectivity index (χ4v) is 1.33. The lowest BCUT2D eigenvalue weighted by molar-refractivity contribution is -0.123.